The minimum Gasteiger partial charge on any atom is -0.472 e. The predicted molar refractivity (Wildman–Crippen MR) is 72.0 cm³/mol. The van der Waals surface area contributed by atoms with Crippen molar-refractivity contribution in [1.82, 2.24) is 4.72 Å². The van der Waals surface area contributed by atoms with Crippen LogP contribution in [0.2, 0.25) is 5.02 Å². The molecular weight excluding hydrogens is 307 g/mol. The molecule has 0 aliphatic carbocycles. The van der Waals surface area contributed by atoms with Crippen molar-refractivity contribution in [3.05, 3.63) is 52.7 Å². The third-order valence-electron chi connectivity index (χ3n) is 2.64. The third-order valence-corrected chi connectivity index (χ3v) is 4.25. The summed E-state index contributed by atoms with van der Waals surface area (Å²) < 4.78 is 45.3. The number of nitrogens with one attached hydrogen (secondary N) is 1. The molecule has 0 saturated carbocycles. The van der Waals surface area contributed by atoms with E-state index in [2.05, 4.69) is 4.72 Å². The van der Waals surface area contributed by atoms with Gasteiger partial charge in [-0.05, 0) is 18.2 Å². The second kappa shape index (κ2) is 5.92. The highest BCUT2D eigenvalue weighted by Gasteiger charge is 2.22. The van der Waals surface area contributed by atoms with Gasteiger partial charge in [-0.25, -0.2) is 17.5 Å². The van der Waals surface area contributed by atoms with Gasteiger partial charge in [-0.1, -0.05) is 11.6 Å². The van der Waals surface area contributed by atoms with E-state index in [1.165, 1.54) is 18.6 Å². The SMILES string of the molecule is NCc1cc(Cl)cc(S(=O)(=O)NCc2ccoc2)c1F. The average molecular weight is 319 g/mol. The Hall–Kier alpha value is -1.41. The Kier molecular flexibility index (Phi) is 4.44. The van der Waals surface area contributed by atoms with E-state index in [0.717, 1.165) is 6.07 Å². The van der Waals surface area contributed by atoms with Crippen LogP contribution in [0.15, 0.2) is 40.0 Å². The first-order valence-electron chi connectivity index (χ1n) is 5.63. The zero-order valence-corrected chi connectivity index (χ0v) is 11.8. The van der Waals surface area contributed by atoms with Gasteiger partial charge in [0.1, 0.15) is 10.7 Å². The van der Waals surface area contributed by atoms with Gasteiger partial charge in [-0.3, -0.25) is 0 Å². The molecule has 0 aliphatic heterocycles. The minimum atomic E-state index is -4.03. The molecule has 0 aliphatic rings. The Balaban J connectivity index is 2.31. The Bertz CT molecular complexity index is 702. The molecule has 0 amide bonds. The molecule has 1 aromatic carbocycles. The molecule has 0 bridgehead atoms. The van der Waals surface area contributed by atoms with Crippen molar-refractivity contribution in [3.8, 4) is 0 Å². The molecule has 1 heterocycles. The highest BCUT2D eigenvalue weighted by molar-refractivity contribution is 7.89. The summed E-state index contributed by atoms with van der Waals surface area (Å²) in [6, 6.07) is 3.95. The van der Waals surface area contributed by atoms with Crippen LogP contribution in [0.4, 0.5) is 4.39 Å². The average Bonchev–Trinajstić information content (AvgIpc) is 2.92. The lowest BCUT2D eigenvalue weighted by Crippen LogP contribution is -2.24. The van der Waals surface area contributed by atoms with E-state index in [4.69, 9.17) is 21.8 Å². The van der Waals surface area contributed by atoms with Gasteiger partial charge in [0, 0.05) is 29.2 Å². The summed E-state index contributed by atoms with van der Waals surface area (Å²) in [6.45, 7) is -0.153. The van der Waals surface area contributed by atoms with Crippen LogP contribution in [0, 0.1) is 5.82 Å². The molecule has 0 saturated heterocycles. The van der Waals surface area contributed by atoms with Gasteiger partial charge in [0.25, 0.3) is 0 Å². The van der Waals surface area contributed by atoms with Gasteiger partial charge in [0.05, 0.1) is 12.5 Å². The van der Waals surface area contributed by atoms with Crippen LogP contribution < -0.4 is 10.5 Å². The maximum Gasteiger partial charge on any atom is 0.243 e. The highest BCUT2D eigenvalue weighted by Crippen LogP contribution is 2.23. The topological polar surface area (TPSA) is 85.3 Å². The minimum absolute atomic E-state index is 0.0112. The van der Waals surface area contributed by atoms with Crippen molar-refractivity contribution < 1.29 is 17.2 Å². The molecule has 2 aromatic rings. The number of hydrogen-bond donors (Lipinski definition) is 2. The fraction of sp³-hybridized carbons (Fsp3) is 0.167. The quantitative estimate of drug-likeness (QED) is 0.883. The zero-order chi connectivity index (χ0) is 14.8. The monoisotopic (exact) mass is 318 g/mol. The number of hydrogen-bond acceptors (Lipinski definition) is 4. The molecule has 0 unspecified atom stereocenters. The summed E-state index contributed by atoms with van der Waals surface area (Å²) in [6.07, 6.45) is 2.80. The molecule has 0 spiro atoms. The zero-order valence-electron chi connectivity index (χ0n) is 10.3. The van der Waals surface area contributed by atoms with Crippen LogP contribution in [0.3, 0.4) is 0 Å². The van der Waals surface area contributed by atoms with Crippen molar-refractivity contribution in [3.63, 3.8) is 0 Å². The van der Waals surface area contributed by atoms with Gasteiger partial charge >= 0.3 is 0 Å². The molecule has 0 radical (unpaired) electrons. The molecule has 0 fully saturated rings. The summed E-state index contributed by atoms with van der Waals surface area (Å²) in [5.74, 6) is -0.892. The lowest BCUT2D eigenvalue weighted by Gasteiger charge is -2.10. The first-order chi connectivity index (χ1) is 9.44. The van der Waals surface area contributed by atoms with Gasteiger partial charge in [0.15, 0.2) is 0 Å². The van der Waals surface area contributed by atoms with E-state index in [1.807, 2.05) is 0 Å². The lowest BCUT2D eigenvalue weighted by molar-refractivity contribution is 0.548. The fourth-order valence-corrected chi connectivity index (χ4v) is 3.08. The maximum absolute atomic E-state index is 14.0. The molecule has 20 heavy (non-hydrogen) atoms. The number of rotatable bonds is 5. The molecule has 0 atom stereocenters. The van der Waals surface area contributed by atoms with E-state index in [9.17, 15) is 12.8 Å². The molecular formula is C12H12ClFN2O3S. The molecule has 8 heteroatoms. The standard InChI is InChI=1S/C12H12ClFN2O3S/c13-10-3-9(5-15)12(14)11(4-10)20(17,18)16-6-8-1-2-19-7-8/h1-4,7,16H,5-6,15H2. The largest absolute Gasteiger partial charge is 0.472 e. The van der Waals surface area contributed by atoms with Gasteiger partial charge in [0.2, 0.25) is 10.0 Å². The summed E-state index contributed by atoms with van der Waals surface area (Å²) in [5.41, 5.74) is 6.02. The van der Waals surface area contributed by atoms with Crippen molar-refractivity contribution >= 4 is 21.6 Å². The third kappa shape index (κ3) is 3.18. The van der Waals surface area contributed by atoms with Crippen LogP contribution in [0.1, 0.15) is 11.1 Å². The predicted octanol–water partition coefficient (Wildman–Crippen LogP) is 2.01. The van der Waals surface area contributed by atoms with Crippen LogP contribution >= 0.6 is 11.6 Å². The molecule has 3 N–H and O–H groups in total. The Morgan fingerprint density at radius 2 is 2.15 bits per heavy atom. The van der Waals surface area contributed by atoms with Crippen molar-refractivity contribution in [2.75, 3.05) is 0 Å². The van der Waals surface area contributed by atoms with Crippen molar-refractivity contribution in [2.45, 2.75) is 18.0 Å². The molecule has 2 rings (SSSR count). The van der Waals surface area contributed by atoms with E-state index in [-0.39, 0.29) is 23.7 Å². The van der Waals surface area contributed by atoms with Crippen LogP contribution in [0.5, 0.6) is 0 Å². The summed E-state index contributed by atoms with van der Waals surface area (Å²) in [5, 5.41) is 0.107. The van der Waals surface area contributed by atoms with Crippen LogP contribution in [-0.2, 0) is 23.1 Å². The Morgan fingerprint density at radius 1 is 1.40 bits per heavy atom. The lowest BCUT2D eigenvalue weighted by atomic mass is 10.2. The smallest absolute Gasteiger partial charge is 0.243 e. The second-order valence-electron chi connectivity index (χ2n) is 4.04. The number of sulfonamides is 1. The first kappa shape index (κ1) is 15.0. The Morgan fingerprint density at radius 3 is 2.75 bits per heavy atom. The summed E-state index contributed by atoms with van der Waals surface area (Å²) in [4.78, 5) is -0.519. The summed E-state index contributed by atoms with van der Waals surface area (Å²) in [7, 11) is -4.03. The molecule has 108 valence electrons. The highest BCUT2D eigenvalue weighted by atomic mass is 35.5. The van der Waals surface area contributed by atoms with Crippen LogP contribution in [0.25, 0.3) is 0 Å². The van der Waals surface area contributed by atoms with Gasteiger partial charge in [-0.15, -0.1) is 0 Å². The number of halogens is 2. The normalized spacial score (nSPS) is 11.8. The van der Waals surface area contributed by atoms with Crippen LogP contribution in [-0.4, -0.2) is 8.42 Å². The molecule has 5 nitrogen and oxygen atoms in total. The van der Waals surface area contributed by atoms with E-state index in [1.54, 1.807) is 6.07 Å². The number of furan rings is 1. The maximum atomic E-state index is 14.0. The Labute approximate surface area is 120 Å². The van der Waals surface area contributed by atoms with Crippen molar-refractivity contribution in [2.24, 2.45) is 5.73 Å². The first-order valence-corrected chi connectivity index (χ1v) is 7.49. The van der Waals surface area contributed by atoms with Gasteiger partial charge in [-0.2, -0.15) is 0 Å². The second-order valence-corrected chi connectivity index (χ2v) is 6.21. The van der Waals surface area contributed by atoms with Gasteiger partial charge < -0.3 is 10.2 Å². The van der Waals surface area contributed by atoms with E-state index >= 15 is 0 Å². The number of nitrogens with two attached hydrogens (primary N) is 1. The van der Waals surface area contributed by atoms with E-state index < -0.39 is 20.7 Å². The van der Waals surface area contributed by atoms with E-state index in [0.29, 0.717) is 5.56 Å². The summed E-state index contributed by atoms with van der Waals surface area (Å²) >= 11 is 5.78. The number of benzene rings is 1. The van der Waals surface area contributed by atoms with Crippen molar-refractivity contribution in [1.29, 1.82) is 0 Å². The fourth-order valence-electron chi connectivity index (χ4n) is 1.61. The molecule has 1 aromatic heterocycles.